The maximum absolute atomic E-state index is 12.5. The molecule has 0 aliphatic heterocycles. The molecule has 0 saturated heterocycles. The molecular weight excluding hydrogens is 420 g/mol. The first-order chi connectivity index (χ1) is 14.6. The normalized spacial score (nSPS) is 14.3. The summed E-state index contributed by atoms with van der Waals surface area (Å²) in [5, 5.41) is 12.7. The number of carbonyl (C=O) groups excluding carboxylic acids is 1. The van der Waals surface area contributed by atoms with Crippen molar-refractivity contribution in [1.29, 1.82) is 0 Å². The highest BCUT2D eigenvalue weighted by atomic mass is 35.5. The Hall–Kier alpha value is -2.51. The number of para-hydroxylation sites is 1. The minimum absolute atomic E-state index is 0.0249. The SMILES string of the molecule is CC(Sc1nnc(COc2ccccc2Cl)n1C1CC1)C(=O)NCc1ccccc1. The Bertz CT molecular complexity index is 1010. The summed E-state index contributed by atoms with van der Waals surface area (Å²) in [5.74, 6) is 1.34. The molecule has 1 amide bonds. The van der Waals surface area contributed by atoms with E-state index in [1.807, 2.05) is 55.5 Å². The maximum atomic E-state index is 12.5. The van der Waals surface area contributed by atoms with Crippen LogP contribution in [-0.2, 0) is 17.9 Å². The Morgan fingerprint density at radius 3 is 2.67 bits per heavy atom. The van der Waals surface area contributed by atoms with Crippen molar-refractivity contribution in [2.75, 3.05) is 0 Å². The molecular formula is C22H23ClN4O2S. The van der Waals surface area contributed by atoms with Crippen LogP contribution in [-0.4, -0.2) is 25.9 Å². The molecule has 4 rings (SSSR count). The van der Waals surface area contributed by atoms with Gasteiger partial charge in [0.05, 0.1) is 10.3 Å². The van der Waals surface area contributed by atoms with Crippen LogP contribution >= 0.6 is 23.4 Å². The second kappa shape index (κ2) is 9.53. The number of thioether (sulfide) groups is 1. The molecule has 0 radical (unpaired) electrons. The fourth-order valence-corrected chi connectivity index (χ4v) is 4.18. The summed E-state index contributed by atoms with van der Waals surface area (Å²) < 4.78 is 7.95. The third-order valence-electron chi connectivity index (χ3n) is 4.80. The quantitative estimate of drug-likeness (QED) is 0.489. The predicted molar refractivity (Wildman–Crippen MR) is 118 cm³/mol. The fourth-order valence-electron chi connectivity index (χ4n) is 3.03. The number of rotatable bonds is 9. The molecule has 30 heavy (non-hydrogen) atoms. The van der Waals surface area contributed by atoms with Gasteiger partial charge in [0.15, 0.2) is 11.0 Å². The van der Waals surface area contributed by atoms with Gasteiger partial charge in [-0.1, -0.05) is 65.8 Å². The Labute approximate surface area is 185 Å². The van der Waals surface area contributed by atoms with Crippen LogP contribution in [0, 0.1) is 0 Å². The molecule has 156 valence electrons. The standard InChI is InChI=1S/C22H23ClN4O2S/c1-15(21(28)24-13-16-7-3-2-4-8-16)30-22-26-25-20(27(22)17-11-12-17)14-29-19-10-6-5-9-18(19)23/h2-10,15,17H,11-14H2,1H3,(H,24,28). The number of halogens is 1. The number of aromatic nitrogens is 3. The highest BCUT2D eigenvalue weighted by molar-refractivity contribution is 8.00. The molecule has 1 aliphatic carbocycles. The fraction of sp³-hybridized carbons (Fsp3) is 0.318. The number of hydrogen-bond acceptors (Lipinski definition) is 5. The summed E-state index contributed by atoms with van der Waals surface area (Å²) in [6.07, 6.45) is 2.17. The second-order valence-electron chi connectivity index (χ2n) is 7.18. The van der Waals surface area contributed by atoms with Crippen LogP contribution in [0.3, 0.4) is 0 Å². The number of amides is 1. The van der Waals surface area contributed by atoms with Gasteiger partial charge in [-0.25, -0.2) is 0 Å². The van der Waals surface area contributed by atoms with Crippen LogP contribution < -0.4 is 10.1 Å². The molecule has 1 atom stereocenters. The third-order valence-corrected chi connectivity index (χ3v) is 6.17. The van der Waals surface area contributed by atoms with Gasteiger partial charge in [-0.2, -0.15) is 0 Å². The van der Waals surface area contributed by atoms with Crippen molar-refractivity contribution in [3.05, 3.63) is 71.0 Å². The highest BCUT2D eigenvalue weighted by Gasteiger charge is 2.31. The smallest absolute Gasteiger partial charge is 0.233 e. The number of ether oxygens (including phenoxy) is 1. The van der Waals surface area contributed by atoms with E-state index in [9.17, 15) is 4.79 Å². The van der Waals surface area contributed by atoms with E-state index < -0.39 is 0 Å². The highest BCUT2D eigenvalue weighted by Crippen LogP contribution is 2.39. The van der Waals surface area contributed by atoms with Crippen LogP contribution in [0.2, 0.25) is 5.02 Å². The summed E-state index contributed by atoms with van der Waals surface area (Å²) in [4.78, 5) is 12.5. The molecule has 1 heterocycles. The largest absolute Gasteiger partial charge is 0.484 e. The van der Waals surface area contributed by atoms with Crippen LogP contribution in [0.1, 0.15) is 37.2 Å². The van der Waals surface area contributed by atoms with E-state index in [-0.39, 0.29) is 17.8 Å². The molecule has 1 N–H and O–H groups in total. The van der Waals surface area contributed by atoms with Gasteiger partial charge in [0.2, 0.25) is 5.91 Å². The van der Waals surface area contributed by atoms with E-state index in [0.29, 0.717) is 23.4 Å². The zero-order chi connectivity index (χ0) is 20.9. The number of hydrogen-bond donors (Lipinski definition) is 1. The molecule has 1 fully saturated rings. The zero-order valence-corrected chi connectivity index (χ0v) is 18.2. The Morgan fingerprint density at radius 1 is 1.20 bits per heavy atom. The van der Waals surface area contributed by atoms with Gasteiger partial charge >= 0.3 is 0 Å². The monoisotopic (exact) mass is 442 g/mol. The maximum Gasteiger partial charge on any atom is 0.233 e. The molecule has 1 saturated carbocycles. The van der Waals surface area contributed by atoms with E-state index in [2.05, 4.69) is 20.1 Å². The van der Waals surface area contributed by atoms with Gasteiger partial charge in [0.1, 0.15) is 12.4 Å². The number of carbonyl (C=O) groups is 1. The third kappa shape index (κ3) is 5.15. The summed E-state index contributed by atoms with van der Waals surface area (Å²) >= 11 is 7.59. The van der Waals surface area contributed by atoms with Crippen molar-refractivity contribution in [3.63, 3.8) is 0 Å². The number of nitrogens with zero attached hydrogens (tertiary/aromatic N) is 3. The van der Waals surface area contributed by atoms with Gasteiger partial charge in [-0.15, -0.1) is 10.2 Å². The Morgan fingerprint density at radius 2 is 1.93 bits per heavy atom. The van der Waals surface area contributed by atoms with Crippen molar-refractivity contribution in [3.8, 4) is 5.75 Å². The lowest BCUT2D eigenvalue weighted by molar-refractivity contribution is -0.120. The van der Waals surface area contributed by atoms with E-state index >= 15 is 0 Å². The Kier molecular flexibility index (Phi) is 6.59. The van der Waals surface area contributed by atoms with E-state index in [0.717, 1.165) is 29.4 Å². The lowest BCUT2D eigenvalue weighted by atomic mass is 10.2. The minimum Gasteiger partial charge on any atom is -0.484 e. The van der Waals surface area contributed by atoms with Crippen LogP contribution in [0.25, 0.3) is 0 Å². The van der Waals surface area contributed by atoms with Gasteiger partial charge in [-0.05, 0) is 37.5 Å². The first-order valence-corrected chi connectivity index (χ1v) is 11.2. The lowest BCUT2D eigenvalue weighted by Crippen LogP contribution is -2.30. The number of nitrogens with one attached hydrogen (secondary N) is 1. The second-order valence-corrected chi connectivity index (χ2v) is 8.90. The molecule has 0 bridgehead atoms. The molecule has 1 aromatic heterocycles. The van der Waals surface area contributed by atoms with Gasteiger partial charge < -0.3 is 10.1 Å². The number of benzene rings is 2. The average molecular weight is 443 g/mol. The van der Waals surface area contributed by atoms with Crippen molar-refractivity contribution >= 4 is 29.3 Å². The summed E-state index contributed by atoms with van der Waals surface area (Å²) in [5.41, 5.74) is 1.07. The van der Waals surface area contributed by atoms with E-state index in [4.69, 9.17) is 16.3 Å². The first-order valence-electron chi connectivity index (χ1n) is 9.91. The van der Waals surface area contributed by atoms with Gasteiger partial charge in [0, 0.05) is 12.6 Å². The Balaban J connectivity index is 1.39. The molecule has 3 aromatic rings. The van der Waals surface area contributed by atoms with Crippen LogP contribution in [0.15, 0.2) is 59.8 Å². The molecule has 2 aromatic carbocycles. The average Bonchev–Trinajstić information content (AvgIpc) is 3.53. The lowest BCUT2D eigenvalue weighted by Gasteiger charge is -2.14. The summed E-state index contributed by atoms with van der Waals surface area (Å²) in [6.45, 7) is 2.68. The molecule has 8 heteroatoms. The van der Waals surface area contributed by atoms with Crippen molar-refractivity contribution < 1.29 is 9.53 Å². The minimum atomic E-state index is -0.284. The summed E-state index contributed by atoms with van der Waals surface area (Å²) in [7, 11) is 0. The van der Waals surface area contributed by atoms with Crippen molar-refractivity contribution in [2.45, 2.75) is 49.4 Å². The van der Waals surface area contributed by atoms with Crippen LogP contribution in [0.5, 0.6) is 5.75 Å². The topological polar surface area (TPSA) is 69.0 Å². The molecule has 1 aliphatic rings. The van der Waals surface area contributed by atoms with Gasteiger partial charge in [0.25, 0.3) is 0 Å². The van der Waals surface area contributed by atoms with Crippen LogP contribution in [0.4, 0.5) is 0 Å². The first kappa shape index (κ1) is 20.8. The molecule has 0 spiro atoms. The molecule has 6 nitrogen and oxygen atoms in total. The van der Waals surface area contributed by atoms with Crippen molar-refractivity contribution in [2.24, 2.45) is 0 Å². The van der Waals surface area contributed by atoms with E-state index in [1.54, 1.807) is 6.07 Å². The predicted octanol–water partition coefficient (Wildman–Crippen LogP) is 4.64. The zero-order valence-electron chi connectivity index (χ0n) is 16.6. The molecule has 1 unspecified atom stereocenters. The summed E-state index contributed by atoms with van der Waals surface area (Å²) in [6, 6.07) is 17.6. The van der Waals surface area contributed by atoms with Crippen molar-refractivity contribution in [1.82, 2.24) is 20.1 Å². The van der Waals surface area contributed by atoms with Gasteiger partial charge in [-0.3, -0.25) is 9.36 Å². The van der Waals surface area contributed by atoms with E-state index in [1.165, 1.54) is 11.8 Å².